The Kier molecular flexibility index (Phi) is 56.3. The summed E-state index contributed by atoms with van der Waals surface area (Å²) in [5.41, 5.74) is 0. The second-order valence-corrected chi connectivity index (χ2v) is 20.3. The Morgan fingerprint density at radius 3 is 0.857 bits per heavy atom. The largest absolute Gasteiger partial charge is 0.462 e. The monoisotopic (exact) mass is 979 g/mol. The molecule has 1 unspecified atom stereocenters. The van der Waals surface area contributed by atoms with Crippen molar-refractivity contribution in [1.82, 2.24) is 0 Å². The zero-order chi connectivity index (χ0) is 50.7. The zero-order valence-electron chi connectivity index (χ0n) is 46.5. The average Bonchev–Trinajstić information content (AvgIpc) is 3.36. The first kappa shape index (κ1) is 67.1. The van der Waals surface area contributed by atoms with Gasteiger partial charge in [0.05, 0.1) is 0 Å². The van der Waals surface area contributed by atoms with Gasteiger partial charge in [-0.15, -0.1) is 0 Å². The van der Waals surface area contributed by atoms with Gasteiger partial charge in [-0.05, 0) is 83.5 Å². The molecule has 0 radical (unpaired) electrons. The standard InChI is InChI=1S/C64H114O6/c1-4-7-10-13-16-19-22-25-27-29-31-32-33-35-36-39-42-45-48-51-54-57-63(66)69-60-61(59-68-62(65)56-53-50-47-44-41-38-24-21-18-15-12-9-6-3)70-64(67)58-55-52-49-46-43-40-37-34-30-28-26-23-20-17-14-11-8-5-2/h12,15,21-22,24-25,29,31,33,35,61H,4-11,13-14,16-20,23,26-28,30,32,34,36-60H2,1-3H3/b15-12-,24-21-,25-22-,31-29-,35-33-. The maximum Gasteiger partial charge on any atom is 0.306 e. The summed E-state index contributed by atoms with van der Waals surface area (Å²) in [5.74, 6) is -0.894. The van der Waals surface area contributed by atoms with Crippen LogP contribution in [0.4, 0.5) is 0 Å². The maximum absolute atomic E-state index is 12.9. The van der Waals surface area contributed by atoms with Gasteiger partial charge in [-0.2, -0.15) is 0 Å². The number of carbonyl (C=O) groups is 3. The molecule has 0 bridgehead atoms. The van der Waals surface area contributed by atoms with Crippen molar-refractivity contribution in [3.05, 3.63) is 60.8 Å². The van der Waals surface area contributed by atoms with Gasteiger partial charge in [0.25, 0.3) is 0 Å². The van der Waals surface area contributed by atoms with Crippen LogP contribution in [0.3, 0.4) is 0 Å². The van der Waals surface area contributed by atoms with Crippen LogP contribution in [0.15, 0.2) is 60.8 Å². The van der Waals surface area contributed by atoms with Crippen molar-refractivity contribution >= 4 is 17.9 Å². The predicted octanol–water partition coefficient (Wildman–Crippen LogP) is 20.4. The first-order valence-corrected chi connectivity index (χ1v) is 30.3. The molecular weight excluding hydrogens is 865 g/mol. The van der Waals surface area contributed by atoms with Crippen molar-refractivity contribution < 1.29 is 28.6 Å². The molecule has 70 heavy (non-hydrogen) atoms. The molecule has 0 aliphatic rings. The Morgan fingerprint density at radius 2 is 0.543 bits per heavy atom. The molecule has 406 valence electrons. The van der Waals surface area contributed by atoms with Crippen LogP contribution >= 0.6 is 0 Å². The Bertz CT molecular complexity index is 1260. The fourth-order valence-corrected chi connectivity index (χ4v) is 8.67. The van der Waals surface area contributed by atoms with Gasteiger partial charge in [0.2, 0.25) is 0 Å². The van der Waals surface area contributed by atoms with E-state index in [0.29, 0.717) is 19.3 Å². The van der Waals surface area contributed by atoms with Crippen LogP contribution in [0.25, 0.3) is 0 Å². The van der Waals surface area contributed by atoms with E-state index in [2.05, 4.69) is 81.5 Å². The van der Waals surface area contributed by atoms with Crippen molar-refractivity contribution in [2.45, 2.75) is 316 Å². The van der Waals surface area contributed by atoms with Crippen LogP contribution in [0.5, 0.6) is 0 Å². The van der Waals surface area contributed by atoms with E-state index < -0.39 is 6.10 Å². The molecule has 0 aliphatic carbocycles. The van der Waals surface area contributed by atoms with Crippen LogP contribution in [-0.4, -0.2) is 37.2 Å². The van der Waals surface area contributed by atoms with Gasteiger partial charge in [-0.25, -0.2) is 0 Å². The third kappa shape index (κ3) is 56.0. The molecule has 0 saturated heterocycles. The van der Waals surface area contributed by atoms with E-state index in [-0.39, 0.29) is 31.1 Å². The summed E-state index contributed by atoms with van der Waals surface area (Å²) in [4.78, 5) is 38.2. The Labute approximate surface area is 434 Å². The molecule has 0 amide bonds. The summed E-state index contributed by atoms with van der Waals surface area (Å²) < 4.78 is 16.9. The molecule has 0 aromatic heterocycles. The van der Waals surface area contributed by atoms with E-state index in [4.69, 9.17) is 14.2 Å². The predicted molar refractivity (Wildman–Crippen MR) is 302 cm³/mol. The molecule has 6 heteroatoms. The molecule has 0 aliphatic heterocycles. The Balaban J connectivity index is 4.36. The summed E-state index contributed by atoms with van der Waals surface area (Å²) in [6.07, 6.45) is 73.6. The summed E-state index contributed by atoms with van der Waals surface area (Å²) in [5, 5.41) is 0. The number of hydrogen-bond acceptors (Lipinski definition) is 6. The number of allylic oxidation sites excluding steroid dienone is 10. The fourth-order valence-electron chi connectivity index (χ4n) is 8.67. The quantitative estimate of drug-likeness (QED) is 0.0261. The van der Waals surface area contributed by atoms with E-state index in [0.717, 1.165) is 103 Å². The van der Waals surface area contributed by atoms with Gasteiger partial charge in [0.15, 0.2) is 6.10 Å². The highest BCUT2D eigenvalue weighted by molar-refractivity contribution is 5.71. The third-order valence-electron chi connectivity index (χ3n) is 13.2. The van der Waals surface area contributed by atoms with Crippen LogP contribution in [0.2, 0.25) is 0 Å². The van der Waals surface area contributed by atoms with Gasteiger partial charge in [-0.1, -0.05) is 268 Å². The van der Waals surface area contributed by atoms with Crippen molar-refractivity contribution in [1.29, 1.82) is 0 Å². The minimum Gasteiger partial charge on any atom is -0.462 e. The number of ether oxygens (including phenoxy) is 3. The molecule has 0 spiro atoms. The molecule has 6 nitrogen and oxygen atoms in total. The minimum absolute atomic E-state index is 0.0833. The highest BCUT2D eigenvalue weighted by Gasteiger charge is 2.19. The molecule has 1 atom stereocenters. The Morgan fingerprint density at radius 1 is 0.286 bits per heavy atom. The van der Waals surface area contributed by atoms with E-state index in [9.17, 15) is 14.4 Å². The van der Waals surface area contributed by atoms with Crippen LogP contribution in [0, 0.1) is 0 Å². The van der Waals surface area contributed by atoms with Gasteiger partial charge in [-0.3, -0.25) is 14.4 Å². The van der Waals surface area contributed by atoms with Crippen molar-refractivity contribution in [3.63, 3.8) is 0 Å². The summed E-state index contributed by atoms with van der Waals surface area (Å²) in [6.45, 7) is 6.58. The minimum atomic E-state index is -0.784. The first-order chi connectivity index (χ1) is 34.5. The van der Waals surface area contributed by atoms with Crippen LogP contribution in [0.1, 0.15) is 310 Å². The number of unbranched alkanes of at least 4 members (excludes halogenated alkanes) is 34. The average molecular weight is 980 g/mol. The van der Waals surface area contributed by atoms with Gasteiger partial charge in [0.1, 0.15) is 13.2 Å². The maximum atomic E-state index is 12.9. The van der Waals surface area contributed by atoms with E-state index in [1.54, 1.807) is 0 Å². The normalized spacial score (nSPS) is 12.4. The van der Waals surface area contributed by atoms with Gasteiger partial charge >= 0.3 is 17.9 Å². The molecule has 0 rings (SSSR count). The lowest BCUT2D eigenvalue weighted by Gasteiger charge is -2.18. The molecular formula is C64H114O6. The lowest BCUT2D eigenvalue weighted by molar-refractivity contribution is -0.167. The second kappa shape index (κ2) is 58.7. The van der Waals surface area contributed by atoms with Crippen molar-refractivity contribution in [2.24, 2.45) is 0 Å². The lowest BCUT2D eigenvalue weighted by atomic mass is 10.0. The number of esters is 3. The topological polar surface area (TPSA) is 78.9 Å². The highest BCUT2D eigenvalue weighted by atomic mass is 16.6. The molecule has 0 fully saturated rings. The SMILES string of the molecule is CCC/C=C\C/C=C\CCCCCCCC(=O)OCC(COC(=O)CCCCCCCC/C=C\C/C=C\C/C=C\CCCCCCC)OC(=O)CCCCCCCCCCCCCCCCCCCC. The lowest BCUT2D eigenvalue weighted by Crippen LogP contribution is -2.30. The molecule has 0 aromatic rings. The number of rotatable bonds is 55. The Hall–Kier alpha value is -2.89. The summed E-state index contributed by atoms with van der Waals surface area (Å²) in [7, 11) is 0. The summed E-state index contributed by atoms with van der Waals surface area (Å²) >= 11 is 0. The second-order valence-electron chi connectivity index (χ2n) is 20.3. The fraction of sp³-hybridized carbons (Fsp3) is 0.797. The van der Waals surface area contributed by atoms with E-state index in [1.807, 2.05) is 0 Å². The number of carbonyl (C=O) groups excluding carboxylic acids is 3. The highest BCUT2D eigenvalue weighted by Crippen LogP contribution is 2.16. The third-order valence-corrected chi connectivity index (χ3v) is 13.2. The van der Waals surface area contributed by atoms with Crippen LogP contribution in [-0.2, 0) is 28.6 Å². The molecule has 0 heterocycles. The molecule has 0 N–H and O–H groups in total. The summed E-state index contributed by atoms with van der Waals surface area (Å²) in [6, 6.07) is 0. The van der Waals surface area contributed by atoms with Crippen molar-refractivity contribution in [3.8, 4) is 0 Å². The smallest absolute Gasteiger partial charge is 0.306 e. The van der Waals surface area contributed by atoms with E-state index >= 15 is 0 Å². The van der Waals surface area contributed by atoms with Gasteiger partial charge in [0, 0.05) is 19.3 Å². The first-order valence-electron chi connectivity index (χ1n) is 30.3. The van der Waals surface area contributed by atoms with Crippen molar-refractivity contribution in [2.75, 3.05) is 13.2 Å². The number of hydrogen-bond donors (Lipinski definition) is 0. The molecule has 0 saturated carbocycles. The van der Waals surface area contributed by atoms with E-state index in [1.165, 1.54) is 167 Å². The van der Waals surface area contributed by atoms with Crippen LogP contribution < -0.4 is 0 Å². The molecule has 0 aromatic carbocycles. The van der Waals surface area contributed by atoms with Gasteiger partial charge < -0.3 is 14.2 Å². The zero-order valence-corrected chi connectivity index (χ0v) is 46.5.